The molecule has 0 aromatic heterocycles. The Bertz CT molecular complexity index is 585. The predicted molar refractivity (Wildman–Crippen MR) is 98.4 cm³/mol. The monoisotopic (exact) mass is 349 g/mol. The molecule has 0 fully saturated rings. The van der Waals surface area contributed by atoms with Crippen molar-refractivity contribution < 1.29 is 19.1 Å². The average Bonchev–Trinajstić information content (AvgIpc) is 2.55. The van der Waals surface area contributed by atoms with Gasteiger partial charge < -0.3 is 14.4 Å². The maximum absolute atomic E-state index is 13.0. The molecule has 0 aliphatic carbocycles. The molecule has 0 aliphatic rings. The summed E-state index contributed by atoms with van der Waals surface area (Å²) in [5.74, 6) is -0.548. The molecule has 1 unspecified atom stereocenters. The lowest BCUT2D eigenvalue weighted by Gasteiger charge is -2.34. The average molecular weight is 349 g/mol. The largest absolute Gasteiger partial charge is 0.464 e. The number of ether oxygens (including phenoxy) is 2. The Morgan fingerprint density at radius 2 is 1.68 bits per heavy atom. The molecule has 1 amide bonds. The zero-order chi connectivity index (χ0) is 19.1. The van der Waals surface area contributed by atoms with E-state index in [9.17, 15) is 9.59 Å². The minimum Gasteiger partial charge on any atom is -0.464 e. The number of esters is 1. The zero-order valence-corrected chi connectivity index (χ0v) is 16.5. The molecule has 140 valence electrons. The number of nitrogens with zero attached hydrogens (tertiary/aromatic N) is 1. The highest BCUT2D eigenvalue weighted by Crippen LogP contribution is 2.20. The maximum atomic E-state index is 13.0. The standard InChI is InChI=1S/C20H31NO4/c1-8-19(24-7)21(16(6)20(23)25-9-2)18(22)12-17-14(4)10-13(3)11-15(17)5/h10-11,16,19H,8-9,12H2,1-7H3/t16-,19?/m0/s1. The Hall–Kier alpha value is -1.88. The smallest absolute Gasteiger partial charge is 0.328 e. The summed E-state index contributed by atoms with van der Waals surface area (Å²) in [6.07, 6.45) is 0.373. The molecule has 0 heterocycles. The van der Waals surface area contributed by atoms with Gasteiger partial charge in [0.25, 0.3) is 0 Å². The highest BCUT2D eigenvalue weighted by Gasteiger charge is 2.32. The first-order chi connectivity index (χ1) is 11.8. The highest BCUT2D eigenvalue weighted by molar-refractivity contribution is 5.86. The molecule has 1 aromatic carbocycles. The van der Waals surface area contributed by atoms with E-state index in [4.69, 9.17) is 9.47 Å². The molecular formula is C20H31NO4. The van der Waals surface area contributed by atoms with E-state index in [0.29, 0.717) is 6.42 Å². The fraction of sp³-hybridized carbons (Fsp3) is 0.600. The van der Waals surface area contributed by atoms with Crippen molar-refractivity contribution in [1.82, 2.24) is 4.90 Å². The van der Waals surface area contributed by atoms with Crippen LogP contribution in [0.2, 0.25) is 0 Å². The van der Waals surface area contributed by atoms with Crippen molar-refractivity contribution in [2.75, 3.05) is 13.7 Å². The summed E-state index contributed by atoms with van der Waals surface area (Å²) in [4.78, 5) is 26.7. The van der Waals surface area contributed by atoms with Crippen LogP contribution in [0.3, 0.4) is 0 Å². The van der Waals surface area contributed by atoms with E-state index in [1.165, 1.54) is 10.5 Å². The van der Waals surface area contributed by atoms with Crippen LogP contribution in [-0.2, 0) is 25.5 Å². The quantitative estimate of drug-likeness (QED) is 0.534. The van der Waals surface area contributed by atoms with Crippen molar-refractivity contribution >= 4 is 11.9 Å². The maximum Gasteiger partial charge on any atom is 0.328 e. The fourth-order valence-electron chi connectivity index (χ4n) is 3.21. The van der Waals surface area contributed by atoms with E-state index in [0.717, 1.165) is 16.7 Å². The summed E-state index contributed by atoms with van der Waals surface area (Å²) < 4.78 is 10.5. The van der Waals surface area contributed by atoms with Gasteiger partial charge in [0.05, 0.1) is 13.0 Å². The summed E-state index contributed by atoms with van der Waals surface area (Å²) in [6, 6.07) is 3.45. The molecule has 0 spiro atoms. The molecule has 0 bridgehead atoms. The van der Waals surface area contributed by atoms with Gasteiger partial charge in [-0.1, -0.05) is 24.6 Å². The van der Waals surface area contributed by atoms with Crippen molar-refractivity contribution in [3.05, 3.63) is 34.4 Å². The summed E-state index contributed by atoms with van der Waals surface area (Å²) in [6.45, 7) is 11.7. The van der Waals surface area contributed by atoms with E-state index in [1.54, 1.807) is 21.0 Å². The second kappa shape index (κ2) is 9.56. The molecular weight excluding hydrogens is 318 g/mol. The van der Waals surface area contributed by atoms with E-state index in [1.807, 2.05) is 27.7 Å². The second-order valence-corrected chi connectivity index (χ2v) is 6.38. The summed E-state index contributed by atoms with van der Waals surface area (Å²) in [5.41, 5.74) is 4.34. The molecule has 2 atom stereocenters. The van der Waals surface area contributed by atoms with Gasteiger partial charge >= 0.3 is 5.97 Å². The molecule has 5 heteroatoms. The van der Waals surface area contributed by atoms with Crippen LogP contribution in [-0.4, -0.2) is 42.8 Å². The first-order valence-electron chi connectivity index (χ1n) is 8.84. The van der Waals surface area contributed by atoms with Crippen molar-refractivity contribution in [1.29, 1.82) is 0 Å². The van der Waals surface area contributed by atoms with E-state index in [2.05, 4.69) is 12.1 Å². The lowest BCUT2D eigenvalue weighted by Crippen LogP contribution is -2.51. The number of aryl methyl sites for hydroxylation is 3. The third-order valence-electron chi connectivity index (χ3n) is 4.43. The number of benzene rings is 1. The van der Waals surface area contributed by atoms with Gasteiger partial charge in [-0.3, -0.25) is 4.79 Å². The Balaban J connectivity index is 3.14. The summed E-state index contributed by atoms with van der Waals surface area (Å²) >= 11 is 0. The number of carbonyl (C=O) groups excluding carboxylic acids is 2. The molecule has 25 heavy (non-hydrogen) atoms. The summed E-state index contributed by atoms with van der Waals surface area (Å²) in [5, 5.41) is 0. The third-order valence-corrected chi connectivity index (χ3v) is 4.43. The number of rotatable bonds is 8. The third kappa shape index (κ3) is 5.30. The lowest BCUT2D eigenvalue weighted by atomic mass is 9.96. The highest BCUT2D eigenvalue weighted by atomic mass is 16.5. The number of carbonyl (C=O) groups is 2. The summed E-state index contributed by atoms with van der Waals surface area (Å²) in [7, 11) is 1.55. The van der Waals surface area contributed by atoms with Crippen LogP contribution in [0, 0.1) is 20.8 Å². The van der Waals surface area contributed by atoms with Crippen molar-refractivity contribution in [3.8, 4) is 0 Å². The van der Waals surface area contributed by atoms with Gasteiger partial charge in [-0.2, -0.15) is 0 Å². The van der Waals surface area contributed by atoms with Gasteiger partial charge in [0.15, 0.2) is 0 Å². The minimum absolute atomic E-state index is 0.135. The molecule has 5 nitrogen and oxygen atoms in total. The van der Waals surface area contributed by atoms with Gasteiger partial charge in [-0.05, 0) is 57.7 Å². The Morgan fingerprint density at radius 1 is 1.12 bits per heavy atom. The number of amides is 1. The Morgan fingerprint density at radius 3 is 2.12 bits per heavy atom. The molecule has 0 aliphatic heterocycles. The zero-order valence-electron chi connectivity index (χ0n) is 16.5. The van der Waals surface area contributed by atoms with Gasteiger partial charge in [0, 0.05) is 7.11 Å². The number of hydrogen-bond acceptors (Lipinski definition) is 4. The van der Waals surface area contributed by atoms with Gasteiger partial charge in [-0.15, -0.1) is 0 Å². The topological polar surface area (TPSA) is 55.8 Å². The van der Waals surface area contributed by atoms with E-state index < -0.39 is 18.2 Å². The van der Waals surface area contributed by atoms with E-state index >= 15 is 0 Å². The Kier molecular flexibility index (Phi) is 8.10. The van der Waals surface area contributed by atoms with Crippen LogP contribution in [0.1, 0.15) is 49.4 Å². The molecule has 1 aromatic rings. The SMILES string of the molecule is CCOC(=O)[C@H](C)N(C(=O)Cc1c(C)cc(C)cc1C)C(CC)OC. The van der Waals surface area contributed by atoms with Crippen LogP contribution in [0.4, 0.5) is 0 Å². The van der Waals surface area contributed by atoms with Crippen LogP contribution < -0.4 is 0 Å². The molecule has 0 N–H and O–H groups in total. The molecule has 0 radical (unpaired) electrons. The number of hydrogen-bond donors (Lipinski definition) is 0. The predicted octanol–water partition coefficient (Wildman–Crippen LogP) is 3.32. The normalized spacial score (nSPS) is 13.2. The van der Waals surface area contributed by atoms with Gasteiger partial charge in [0.1, 0.15) is 12.3 Å². The molecule has 0 saturated heterocycles. The van der Waals surface area contributed by atoms with Gasteiger partial charge in [0.2, 0.25) is 5.91 Å². The van der Waals surface area contributed by atoms with E-state index in [-0.39, 0.29) is 18.9 Å². The molecule has 1 rings (SSSR count). The van der Waals surface area contributed by atoms with Crippen molar-refractivity contribution in [3.63, 3.8) is 0 Å². The lowest BCUT2D eigenvalue weighted by molar-refractivity contribution is -0.164. The molecule has 0 saturated carbocycles. The van der Waals surface area contributed by atoms with Crippen LogP contribution in [0.15, 0.2) is 12.1 Å². The minimum atomic E-state index is -0.691. The Labute approximate surface area is 151 Å². The second-order valence-electron chi connectivity index (χ2n) is 6.38. The van der Waals surface area contributed by atoms with Gasteiger partial charge in [-0.25, -0.2) is 4.79 Å². The first kappa shape index (κ1) is 21.2. The first-order valence-corrected chi connectivity index (χ1v) is 8.84. The van der Waals surface area contributed by atoms with Crippen LogP contribution in [0.25, 0.3) is 0 Å². The fourth-order valence-corrected chi connectivity index (χ4v) is 3.21. The number of methoxy groups -OCH3 is 1. The van der Waals surface area contributed by atoms with Crippen molar-refractivity contribution in [2.45, 2.75) is 66.7 Å². The van der Waals surface area contributed by atoms with Crippen molar-refractivity contribution in [2.24, 2.45) is 0 Å². The van der Waals surface area contributed by atoms with Crippen LogP contribution in [0.5, 0.6) is 0 Å². The van der Waals surface area contributed by atoms with Crippen LogP contribution >= 0.6 is 0 Å².